The molecular weight excluding hydrogens is 754 g/mol. The van der Waals surface area contributed by atoms with Crippen LogP contribution in [0, 0.1) is 0 Å². The summed E-state index contributed by atoms with van der Waals surface area (Å²) in [6.07, 6.45) is -1.40. The number of amides is 4. The molecule has 3 rings (SSSR count). The zero-order valence-electron chi connectivity index (χ0n) is 27.7. The number of phenolic OH excluding ortho intramolecular Hbond substituents is 2. The Hall–Kier alpha value is -3.16. The van der Waals surface area contributed by atoms with E-state index in [1.807, 2.05) is 0 Å². The van der Waals surface area contributed by atoms with Crippen LogP contribution in [0.25, 0.3) is 11.1 Å². The van der Waals surface area contributed by atoms with Gasteiger partial charge in [-0.2, -0.15) is 0 Å². The first kappa shape index (κ1) is 50.0. The molecule has 1 aliphatic rings. The Morgan fingerprint density at radius 2 is 1.41 bits per heavy atom. The normalized spacial score (nSPS) is 18.8. The van der Waals surface area contributed by atoms with Crippen molar-refractivity contribution in [2.75, 3.05) is 26.2 Å². The minimum Gasteiger partial charge on any atom is -0.508 e. The van der Waals surface area contributed by atoms with Crippen molar-refractivity contribution >= 4 is 73.3 Å². The van der Waals surface area contributed by atoms with E-state index in [-0.39, 0.29) is 112 Å². The zero-order chi connectivity index (χ0) is 34.7. The van der Waals surface area contributed by atoms with Crippen LogP contribution in [0.4, 0.5) is 0 Å². The second-order valence-corrected chi connectivity index (χ2v) is 11.6. The summed E-state index contributed by atoms with van der Waals surface area (Å²) in [7, 11) is 0. The average molecular weight is 805 g/mol. The Kier molecular flexibility index (Phi) is 23.7. The van der Waals surface area contributed by atoms with Crippen LogP contribution in [0.15, 0.2) is 36.4 Å². The van der Waals surface area contributed by atoms with E-state index in [0.29, 0.717) is 23.1 Å². The molecule has 6 atom stereocenters. The smallest absolute Gasteiger partial charge is 0.243 e. The molecule has 51 heavy (non-hydrogen) atoms. The Bertz CT molecular complexity index is 1430. The maximum absolute atomic E-state index is 13.8. The molecule has 1 aliphatic heterocycles. The molecule has 0 radical (unpaired) electrons. The minimum atomic E-state index is -1.40. The van der Waals surface area contributed by atoms with Crippen molar-refractivity contribution in [2.45, 2.75) is 68.4 Å². The highest BCUT2D eigenvalue weighted by molar-refractivity contribution is 5.95. The number of rotatable bonds is 12. The van der Waals surface area contributed by atoms with E-state index in [1.165, 1.54) is 12.1 Å². The number of fused-ring (bicyclic) bond motifs is 5. The summed E-state index contributed by atoms with van der Waals surface area (Å²) >= 11 is 0. The van der Waals surface area contributed by atoms with Gasteiger partial charge in [0.25, 0.3) is 0 Å². The molecular formula is C31H50Cl4N8O8. The van der Waals surface area contributed by atoms with Crippen molar-refractivity contribution in [1.82, 2.24) is 21.3 Å². The lowest BCUT2D eigenvalue weighted by molar-refractivity contribution is -0.134. The fourth-order valence-electron chi connectivity index (χ4n) is 5.11. The van der Waals surface area contributed by atoms with Gasteiger partial charge in [-0.25, -0.2) is 0 Å². The van der Waals surface area contributed by atoms with Crippen LogP contribution in [-0.2, 0) is 32.0 Å². The highest BCUT2D eigenvalue weighted by Crippen LogP contribution is 2.31. The first-order valence-corrected chi connectivity index (χ1v) is 15.4. The van der Waals surface area contributed by atoms with Crippen molar-refractivity contribution < 1.29 is 39.6 Å². The fraction of sp³-hybridized carbons (Fsp3) is 0.484. The third-order valence-corrected chi connectivity index (χ3v) is 7.92. The Morgan fingerprint density at radius 3 is 1.92 bits per heavy atom. The van der Waals surface area contributed by atoms with Crippen molar-refractivity contribution in [1.29, 1.82) is 0 Å². The monoisotopic (exact) mass is 802 g/mol. The zero-order valence-corrected chi connectivity index (χ0v) is 30.9. The maximum atomic E-state index is 13.8. The average Bonchev–Trinajstić information content (AvgIpc) is 3.05. The highest BCUT2D eigenvalue weighted by Gasteiger charge is 2.33. The summed E-state index contributed by atoms with van der Waals surface area (Å²) in [5, 5.41) is 51.4. The lowest BCUT2D eigenvalue weighted by atomic mass is 9.95. The topological polar surface area (TPSA) is 301 Å². The van der Waals surface area contributed by atoms with Crippen molar-refractivity contribution in [3.8, 4) is 22.6 Å². The fourth-order valence-corrected chi connectivity index (χ4v) is 5.11. The van der Waals surface area contributed by atoms with Gasteiger partial charge >= 0.3 is 0 Å². The lowest BCUT2D eigenvalue weighted by Gasteiger charge is -2.27. The van der Waals surface area contributed by atoms with E-state index in [0.717, 1.165) is 0 Å². The predicted octanol–water partition coefficient (Wildman–Crippen LogP) is -1.78. The number of phenols is 2. The quantitative estimate of drug-likeness (QED) is 0.113. The first-order chi connectivity index (χ1) is 22.4. The molecule has 290 valence electrons. The van der Waals surface area contributed by atoms with E-state index < -0.39 is 66.5 Å². The Morgan fingerprint density at radius 1 is 0.843 bits per heavy atom. The van der Waals surface area contributed by atoms with Crippen LogP contribution >= 0.6 is 49.6 Å². The Labute approximate surface area is 320 Å². The standard InChI is InChI=1S/C31H46N8O8.4ClH/c32-7-1-2-23(29(45)36-20(13-33)15-40)37-30(46)24-11-19-9-17(4-6-27(19)43)16-3-5-26(42)18(8-16)10-22(35)28(44)38-25(31(47)39-24)12-21(41)14-34;;;;/h3-6,8-9,20-25,40-43H,1-2,7,10-15,32-35H2,(H,36,45)(H,37,46)(H,38,44)(H,39,47);4*1H/t20-,21+,22-,23-,24-,25-;;;;/m0..../s1. The van der Waals surface area contributed by atoms with Gasteiger partial charge in [-0.1, -0.05) is 12.1 Å². The van der Waals surface area contributed by atoms with Crippen LogP contribution < -0.4 is 44.2 Å². The summed E-state index contributed by atoms with van der Waals surface area (Å²) in [4.78, 5) is 53.7. The third-order valence-electron chi connectivity index (χ3n) is 7.92. The molecule has 0 saturated heterocycles. The summed E-state index contributed by atoms with van der Waals surface area (Å²) < 4.78 is 0. The number of benzene rings is 2. The number of nitrogens with two attached hydrogens (primary N) is 4. The Balaban J connectivity index is 0. The maximum Gasteiger partial charge on any atom is 0.243 e. The van der Waals surface area contributed by atoms with Crippen LogP contribution in [0.2, 0.25) is 0 Å². The number of nitrogens with one attached hydrogen (secondary N) is 4. The number of halogens is 4. The molecule has 0 fully saturated rings. The van der Waals surface area contributed by atoms with E-state index in [9.17, 15) is 39.6 Å². The summed E-state index contributed by atoms with van der Waals surface area (Å²) in [5.74, 6) is -3.33. The summed E-state index contributed by atoms with van der Waals surface area (Å²) in [5.41, 5.74) is 24.8. The van der Waals surface area contributed by atoms with Crippen molar-refractivity contribution in [3.05, 3.63) is 47.5 Å². The van der Waals surface area contributed by atoms with Gasteiger partial charge in [0, 0.05) is 32.4 Å². The van der Waals surface area contributed by atoms with Crippen LogP contribution in [0.5, 0.6) is 11.5 Å². The molecule has 16 nitrogen and oxygen atoms in total. The number of hydrogen-bond donors (Lipinski definition) is 12. The molecule has 2 aromatic carbocycles. The SMILES string of the molecule is Cl.Cl.Cl.Cl.NCCC[C@H](NC(=O)[C@@H]1Cc2cc(ccc2O)-c2ccc(O)c(c2)C[C@H](N)C(=O)N[C@@H](C[C@@H](O)CN)C(=O)N1)C(=O)N[C@@H](CN)CO. The van der Waals surface area contributed by atoms with Gasteiger partial charge in [-0.05, 0) is 65.9 Å². The third kappa shape index (κ3) is 14.4. The number of carbonyl (C=O) groups is 4. The minimum absolute atomic E-state index is 0. The van der Waals surface area contributed by atoms with Crippen molar-refractivity contribution in [3.63, 3.8) is 0 Å². The largest absolute Gasteiger partial charge is 0.508 e. The number of aliphatic hydroxyl groups excluding tert-OH is 2. The highest BCUT2D eigenvalue weighted by atomic mass is 35.5. The van der Waals surface area contributed by atoms with Crippen molar-refractivity contribution in [2.24, 2.45) is 22.9 Å². The molecule has 0 spiro atoms. The van der Waals surface area contributed by atoms with E-state index in [2.05, 4.69) is 21.3 Å². The molecule has 0 saturated carbocycles. The van der Waals surface area contributed by atoms with Crippen LogP contribution in [0.1, 0.15) is 30.4 Å². The van der Waals surface area contributed by atoms with Crippen LogP contribution in [0.3, 0.4) is 0 Å². The molecule has 4 bridgehead atoms. The number of hydrogen-bond acceptors (Lipinski definition) is 12. The molecule has 20 heteroatoms. The second kappa shape index (κ2) is 24.2. The van der Waals surface area contributed by atoms with Gasteiger partial charge in [0.1, 0.15) is 29.6 Å². The van der Waals surface area contributed by atoms with E-state index in [4.69, 9.17) is 22.9 Å². The van der Waals surface area contributed by atoms with Gasteiger partial charge in [-0.3, -0.25) is 19.2 Å². The molecule has 0 aromatic heterocycles. The number of aromatic hydroxyl groups is 2. The molecule has 0 unspecified atom stereocenters. The first-order valence-electron chi connectivity index (χ1n) is 15.4. The lowest BCUT2D eigenvalue weighted by Crippen LogP contribution is -2.59. The molecule has 0 aliphatic carbocycles. The molecule has 4 amide bonds. The number of aliphatic hydroxyl groups is 2. The number of carbonyl (C=O) groups excluding carboxylic acids is 4. The van der Waals surface area contributed by atoms with E-state index >= 15 is 0 Å². The van der Waals surface area contributed by atoms with Gasteiger partial charge in [0.05, 0.1) is 24.8 Å². The van der Waals surface area contributed by atoms with Gasteiger partial charge < -0.3 is 64.6 Å². The summed E-state index contributed by atoms with van der Waals surface area (Å²) in [6, 6.07) is 3.50. The summed E-state index contributed by atoms with van der Waals surface area (Å²) in [6.45, 7) is -0.497. The second-order valence-electron chi connectivity index (χ2n) is 11.6. The van der Waals surface area contributed by atoms with Crippen LogP contribution in [-0.4, -0.2) is 107 Å². The van der Waals surface area contributed by atoms with Gasteiger partial charge in [-0.15, -0.1) is 49.6 Å². The molecule has 16 N–H and O–H groups in total. The van der Waals surface area contributed by atoms with Gasteiger partial charge in [0.15, 0.2) is 0 Å². The molecule has 2 aromatic rings. The predicted molar refractivity (Wildman–Crippen MR) is 201 cm³/mol. The van der Waals surface area contributed by atoms with Gasteiger partial charge in [0.2, 0.25) is 23.6 Å². The molecule has 1 heterocycles. The van der Waals surface area contributed by atoms with E-state index in [1.54, 1.807) is 24.3 Å².